The van der Waals surface area contributed by atoms with Crippen molar-refractivity contribution in [2.75, 3.05) is 6.54 Å². The average Bonchev–Trinajstić information content (AvgIpc) is 2.43. The summed E-state index contributed by atoms with van der Waals surface area (Å²) in [6.07, 6.45) is 3.46. The molecule has 0 aromatic carbocycles. The Bertz CT molecular complexity index is 227. The molecule has 2 rings (SSSR count). The van der Waals surface area contributed by atoms with Gasteiger partial charge in [-0.1, -0.05) is 0 Å². The van der Waals surface area contributed by atoms with Crippen LogP contribution in [0.4, 0.5) is 4.79 Å². The second kappa shape index (κ2) is 2.77. The zero-order valence-electron chi connectivity index (χ0n) is 6.88. The van der Waals surface area contributed by atoms with Crippen LogP contribution in [0.3, 0.4) is 0 Å². The molecule has 2 aliphatic rings. The summed E-state index contributed by atoms with van der Waals surface area (Å²) in [6.45, 7) is 0.809. The Hall–Kier alpha value is -1.06. The van der Waals surface area contributed by atoms with Crippen molar-refractivity contribution >= 4 is 11.9 Å². The molecule has 66 valence electrons. The summed E-state index contributed by atoms with van der Waals surface area (Å²) < 4.78 is 0. The predicted molar refractivity (Wildman–Crippen MR) is 42.5 cm³/mol. The van der Waals surface area contributed by atoms with E-state index in [1.54, 1.807) is 4.90 Å². The van der Waals surface area contributed by atoms with Gasteiger partial charge in [-0.2, -0.15) is 0 Å². The van der Waals surface area contributed by atoms with Crippen molar-refractivity contribution in [2.45, 2.75) is 31.7 Å². The Morgan fingerprint density at radius 3 is 3.00 bits per heavy atom. The lowest BCUT2D eigenvalue weighted by atomic mass is 10.1. The van der Waals surface area contributed by atoms with Crippen LogP contribution in [0.5, 0.6) is 0 Å². The standard InChI is InChI=1S/C8H12N2O2/c11-7-4-3-6-2-1-5-10(6)8(12)9-7/h6H,1-5H2,(H,9,11,12). The molecule has 0 bridgehead atoms. The van der Waals surface area contributed by atoms with Crippen LogP contribution < -0.4 is 5.32 Å². The van der Waals surface area contributed by atoms with E-state index in [1.807, 2.05) is 0 Å². The van der Waals surface area contributed by atoms with Crippen LogP contribution in [0, 0.1) is 0 Å². The molecule has 0 radical (unpaired) electrons. The van der Waals surface area contributed by atoms with Crippen LogP contribution in [-0.2, 0) is 4.79 Å². The maximum Gasteiger partial charge on any atom is 0.324 e. The maximum absolute atomic E-state index is 11.3. The van der Waals surface area contributed by atoms with Gasteiger partial charge in [-0.05, 0) is 19.3 Å². The third-order valence-corrected chi connectivity index (χ3v) is 2.59. The number of carbonyl (C=O) groups is 2. The fraction of sp³-hybridized carbons (Fsp3) is 0.750. The summed E-state index contributed by atoms with van der Waals surface area (Å²) in [6, 6.07) is 0.122. The van der Waals surface area contributed by atoms with E-state index in [-0.39, 0.29) is 11.9 Å². The maximum atomic E-state index is 11.3. The minimum Gasteiger partial charge on any atom is -0.321 e. The van der Waals surface area contributed by atoms with E-state index in [0.29, 0.717) is 12.5 Å². The van der Waals surface area contributed by atoms with Gasteiger partial charge in [-0.25, -0.2) is 4.79 Å². The number of amides is 3. The number of nitrogens with one attached hydrogen (secondary N) is 1. The first-order valence-electron chi connectivity index (χ1n) is 4.38. The second-order valence-electron chi connectivity index (χ2n) is 3.38. The van der Waals surface area contributed by atoms with E-state index in [0.717, 1.165) is 25.8 Å². The Morgan fingerprint density at radius 1 is 1.33 bits per heavy atom. The molecule has 4 heteroatoms. The summed E-state index contributed by atoms with van der Waals surface area (Å²) in [5.74, 6) is -0.130. The van der Waals surface area contributed by atoms with Gasteiger partial charge in [0.1, 0.15) is 0 Å². The molecule has 1 N–H and O–H groups in total. The normalized spacial score (nSPS) is 29.7. The molecule has 2 saturated heterocycles. The van der Waals surface area contributed by atoms with Crippen molar-refractivity contribution in [3.63, 3.8) is 0 Å². The molecule has 2 aliphatic heterocycles. The lowest BCUT2D eigenvalue weighted by molar-refractivity contribution is -0.119. The van der Waals surface area contributed by atoms with Crippen LogP contribution in [-0.4, -0.2) is 29.4 Å². The highest BCUT2D eigenvalue weighted by Crippen LogP contribution is 2.22. The lowest BCUT2D eigenvalue weighted by Gasteiger charge is -2.20. The minimum atomic E-state index is -0.194. The molecule has 12 heavy (non-hydrogen) atoms. The summed E-state index contributed by atoms with van der Waals surface area (Å²) in [4.78, 5) is 24.0. The summed E-state index contributed by atoms with van der Waals surface area (Å²) in [5, 5.41) is 2.36. The van der Waals surface area contributed by atoms with Gasteiger partial charge in [-0.3, -0.25) is 10.1 Å². The van der Waals surface area contributed by atoms with Crippen molar-refractivity contribution in [2.24, 2.45) is 0 Å². The number of urea groups is 1. The summed E-state index contributed by atoms with van der Waals surface area (Å²) in [5.41, 5.74) is 0. The monoisotopic (exact) mass is 168 g/mol. The zero-order chi connectivity index (χ0) is 8.55. The number of hydrogen-bond acceptors (Lipinski definition) is 2. The first-order valence-corrected chi connectivity index (χ1v) is 4.38. The Kier molecular flexibility index (Phi) is 1.75. The number of hydrogen-bond donors (Lipinski definition) is 1. The molecule has 0 aromatic heterocycles. The van der Waals surface area contributed by atoms with Gasteiger partial charge in [0.05, 0.1) is 0 Å². The smallest absolute Gasteiger partial charge is 0.321 e. The van der Waals surface area contributed by atoms with Crippen LogP contribution >= 0.6 is 0 Å². The van der Waals surface area contributed by atoms with E-state index in [1.165, 1.54) is 0 Å². The molecule has 0 spiro atoms. The van der Waals surface area contributed by atoms with E-state index in [2.05, 4.69) is 5.32 Å². The molecule has 2 heterocycles. The number of nitrogens with zero attached hydrogens (tertiary/aromatic N) is 1. The molecular weight excluding hydrogens is 156 g/mol. The van der Waals surface area contributed by atoms with Crippen molar-refractivity contribution in [1.29, 1.82) is 0 Å². The van der Waals surface area contributed by atoms with Gasteiger partial charge in [-0.15, -0.1) is 0 Å². The molecular formula is C8H12N2O2. The van der Waals surface area contributed by atoms with Gasteiger partial charge < -0.3 is 4.90 Å². The molecule has 1 unspecified atom stereocenters. The van der Waals surface area contributed by atoms with Crippen molar-refractivity contribution in [1.82, 2.24) is 10.2 Å². The molecule has 2 fully saturated rings. The number of carbonyl (C=O) groups excluding carboxylic acids is 2. The average molecular weight is 168 g/mol. The van der Waals surface area contributed by atoms with Gasteiger partial charge in [0.2, 0.25) is 5.91 Å². The fourth-order valence-electron chi connectivity index (χ4n) is 1.95. The van der Waals surface area contributed by atoms with Crippen LogP contribution in [0.15, 0.2) is 0 Å². The topological polar surface area (TPSA) is 49.4 Å². The SMILES string of the molecule is O=C1CCC2CCCN2C(=O)N1. The number of rotatable bonds is 0. The van der Waals surface area contributed by atoms with E-state index >= 15 is 0 Å². The van der Waals surface area contributed by atoms with Crippen molar-refractivity contribution in [3.05, 3.63) is 0 Å². The third-order valence-electron chi connectivity index (χ3n) is 2.59. The van der Waals surface area contributed by atoms with Crippen LogP contribution in [0.25, 0.3) is 0 Å². The Morgan fingerprint density at radius 2 is 2.17 bits per heavy atom. The highest BCUT2D eigenvalue weighted by Gasteiger charge is 2.32. The largest absolute Gasteiger partial charge is 0.324 e. The first-order chi connectivity index (χ1) is 5.77. The van der Waals surface area contributed by atoms with E-state index in [4.69, 9.17) is 0 Å². The molecule has 0 aromatic rings. The molecule has 0 saturated carbocycles. The Labute approximate surface area is 70.9 Å². The number of fused-ring (bicyclic) bond motifs is 1. The van der Waals surface area contributed by atoms with Gasteiger partial charge >= 0.3 is 6.03 Å². The molecule has 4 nitrogen and oxygen atoms in total. The quantitative estimate of drug-likeness (QED) is 0.572. The third kappa shape index (κ3) is 1.17. The van der Waals surface area contributed by atoms with E-state index in [9.17, 15) is 9.59 Å². The fourth-order valence-corrected chi connectivity index (χ4v) is 1.95. The predicted octanol–water partition coefficient (Wildman–Crippen LogP) is 0.481. The van der Waals surface area contributed by atoms with Crippen LogP contribution in [0.2, 0.25) is 0 Å². The Balaban J connectivity index is 2.14. The highest BCUT2D eigenvalue weighted by molar-refractivity contribution is 5.95. The van der Waals surface area contributed by atoms with Gasteiger partial charge in [0.15, 0.2) is 0 Å². The van der Waals surface area contributed by atoms with Crippen LogP contribution in [0.1, 0.15) is 25.7 Å². The molecule has 3 amide bonds. The summed E-state index contributed by atoms with van der Waals surface area (Å²) >= 11 is 0. The lowest BCUT2D eigenvalue weighted by Crippen LogP contribution is -2.41. The minimum absolute atomic E-state index is 0.130. The van der Waals surface area contributed by atoms with Crippen molar-refractivity contribution < 1.29 is 9.59 Å². The van der Waals surface area contributed by atoms with E-state index < -0.39 is 0 Å². The zero-order valence-corrected chi connectivity index (χ0v) is 6.88. The first kappa shape index (κ1) is 7.58. The molecule has 1 atom stereocenters. The van der Waals surface area contributed by atoms with Crippen molar-refractivity contribution in [3.8, 4) is 0 Å². The summed E-state index contributed by atoms with van der Waals surface area (Å²) in [7, 11) is 0. The second-order valence-corrected chi connectivity index (χ2v) is 3.38. The highest BCUT2D eigenvalue weighted by atomic mass is 16.2. The van der Waals surface area contributed by atoms with Gasteiger partial charge in [0, 0.05) is 19.0 Å². The number of imide groups is 1. The van der Waals surface area contributed by atoms with Gasteiger partial charge in [0.25, 0.3) is 0 Å². The molecule has 0 aliphatic carbocycles.